The molecule has 0 radical (unpaired) electrons. The van der Waals surface area contributed by atoms with Gasteiger partial charge >= 0.3 is 6.03 Å². The highest BCUT2D eigenvalue weighted by molar-refractivity contribution is 6.36. The van der Waals surface area contributed by atoms with E-state index in [-0.39, 0.29) is 12.1 Å². The Morgan fingerprint density at radius 3 is 2.16 bits per heavy atom. The Kier molecular flexibility index (Phi) is 7.16. The number of carbonyl (C=O) groups is 1. The number of carbonyl (C=O) groups excluding carboxylic acids is 1. The number of amides is 2. The van der Waals surface area contributed by atoms with Crippen LogP contribution in [0.4, 0.5) is 10.5 Å². The molecule has 3 aromatic carbocycles. The van der Waals surface area contributed by atoms with E-state index in [0.29, 0.717) is 28.2 Å². The van der Waals surface area contributed by atoms with E-state index >= 15 is 0 Å². The first-order chi connectivity index (χ1) is 15.1. The van der Waals surface area contributed by atoms with Crippen LogP contribution in [0.3, 0.4) is 0 Å². The van der Waals surface area contributed by atoms with Gasteiger partial charge in [-0.2, -0.15) is 0 Å². The molecule has 1 N–H and O–H groups in total. The van der Waals surface area contributed by atoms with E-state index < -0.39 is 0 Å². The van der Waals surface area contributed by atoms with Crippen molar-refractivity contribution in [1.29, 1.82) is 0 Å². The Morgan fingerprint density at radius 2 is 1.52 bits per heavy atom. The lowest BCUT2D eigenvalue weighted by atomic mass is 9.81. The number of hydrogen-bond acceptors (Lipinski definition) is 1. The number of anilines is 1. The number of hydrogen-bond donors (Lipinski definition) is 1. The Hall–Kier alpha value is -2.49. The maximum Gasteiger partial charge on any atom is 0.322 e. The highest BCUT2D eigenvalue weighted by Crippen LogP contribution is 2.35. The lowest BCUT2D eigenvalue weighted by Gasteiger charge is -2.37. The molecule has 3 aromatic rings. The standard InChI is InChI=1S/C26H26Cl2N2O/c27-22-13-16-25(24(28)17-22)29-26(31)30(18-19-7-3-1-4-8-19)23-14-11-21(12-15-23)20-9-5-2-6-10-20/h1-10,13,16-17,21,23H,11-12,14-15,18H2,(H,29,31). The molecule has 0 unspecified atom stereocenters. The van der Waals surface area contributed by atoms with Crippen molar-refractivity contribution in [3.05, 3.63) is 100 Å². The minimum atomic E-state index is -0.128. The lowest BCUT2D eigenvalue weighted by Crippen LogP contribution is -2.44. The molecule has 0 spiro atoms. The van der Waals surface area contributed by atoms with Gasteiger partial charge in [0.2, 0.25) is 0 Å². The summed E-state index contributed by atoms with van der Waals surface area (Å²) < 4.78 is 0. The summed E-state index contributed by atoms with van der Waals surface area (Å²) in [6.45, 7) is 0.568. The van der Waals surface area contributed by atoms with Gasteiger partial charge in [0.25, 0.3) is 0 Å². The zero-order chi connectivity index (χ0) is 21.6. The average molecular weight is 453 g/mol. The van der Waals surface area contributed by atoms with Gasteiger partial charge in [-0.15, -0.1) is 0 Å². The minimum absolute atomic E-state index is 0.128. The fourth-order valence-corrected chi connectivity index (χ4v) is 4.83. The molecule has 160 valence electrons. The van der Waals surface area contributed by atoms with E-state index in [1.807, 2.05) is 23.1 Å². The van der Waals surface area contributed by atoms with Crippen molar-refractivity contribution in [2.75, 3.05) is 5.32 Å². The number of halogens is 2. The third-order valence-corrected chi connectivity index (χ3v) is 6.59. The predicted octanol–water partition coefficient (Wildman–Crippen LogP) is 7.75. The molecule has 1 fully saturated rings. The van der Waals surface area contributed by atoms with Crippen molar-refractivity contribution in [3.8, 4) is 0 Å². The predicted molar refractivity (Wildman–Crippen MR) is 129 cm³/mol. The van der Waals surface area contributed by atoms with Gasteiger partial charge in [0.05, 0.1) is 10.7 Å². The first kappa shape index (κ1) is 21.7. The van der Waals surface area contributed by atoms with Crippen LogP contribution in [0.1, 0.15) is 42.7 Å². The molecule has 1 aliphatic carbocycles. The van der Waals surface area contributed by atoms with Gasteiger partial charge < -0.3 is 10.2 Å². The topological polar surface area (TPSA) is 32.3 Å². The van der Waals surface area contributed by atoms with E-state index in [0.717, 1.165) is 31.2 Å². The maximum absolute atomic E-state index is 13.3. The zero-order valence-corrected chi connectivity index (χ0v) is 18.8. The fourth-order valence-electron chi connectivity index (χ4n) is 4.37. The first-order valence-corrected chi connectivity index (χ1v) is 11.5. The summed E-state index contributed by atoms with van der Waals surface area (Å²) in [7, 11) is 0. The van der Waals surface area contributed by atoms with Crippen LogP contribution in [-0.4, -0.2) is 17.0 Å². The van der Waals surface area contributed by atoms with Crippen molar-refractivity contribution in [2.45, 2.75) is 44.2 Å². The van der Waals surface area contributed by atoms with E-state index in [1.54, 1.807) is 18.2 Å². The van der Waals surface area contributed by atoms with Crippen LogP contribution in [-0.2, 0) is 6.54 Å². The molecule has 0 heterocycles. The van der Waals surface area contributed by atoms with Crippen LogP contribution in [0.2, 0.25) is 10.0 Å². The van der Waals surface area contributed by atoms with Crippen molar-refractivity contribution in [3.63, 3.8) is 0 Å². The summed E-state index contributed by atoms with van der Waals surface area (Å²) in [6, 6.07) is 26.0. The Labute approximate surface area is 194 Å². The van der Waals surface area contributed by atoms with Gasteiger partial charge in [0, 0.05) is 17.6 Å². The molecule has 0 bridgehead atoms. The molecular weight excluding hydrogens is 427 g/mol. The number of urea groups is 1. The van der Waals surface area contributed by atoms with Gasteiger partial charge in [-0.25, -0.2) is 4.79 Å². The number of benzene rings is 3. The van der Waals surface area contributed by atoms with Gasteiger partial charge in [-0.1, -0.05) is 83.9 Å². The molecule has 0 atom stereocenters. The molecule has 1 saturated carbocycles. The summed E-state index contributed by atoms with van der Waals surface area (Å²) in [5.41, 5.74) is 3.09. The summed E-state index contributed by atoms with van der Waals surface area (Å²) in [5.74, 6) is 0.560. The van der Waals surface area contributed by atoms with E-state index in [4.69, 9.17) is 23.2 Å². The quantitative estimate of drug-likeness (QED) is 0.421. The van der Waals surface area contributed by atoms with E-state index in [1.165, 1.54) is 5.56 Å². The summed E-state index contributed by atoms with van der Waals surface area (Å²) >= 11 is 12.3. The summed E-state index contributed by atoms with van der Waals surface area (Å²) in [6.07, 6.45) is 4.12. The lowest BCUT2D eigenvalue weighted by molar-refractivity contribution is 0.158. The largest absolute Gasteiger partial charge is 0.322 e. The van der Waals surface area contributed by atoms with E-state index in [2.05, 4.69) is 47.8 Å². The van der Waals surface area contributed by atoms with Crippen LogP contribution >= 0.6 is 23.2 Å². The van der Waals surface area contributed by atoms with Crippen LogP contribution in [0.5, 0.6) is 0 Å². The highest BCUT2D eigenvalue weighted by Gasteiger charge is 2.30. The number of rotatable bonds is 5. The SMILES string of the molecule is O=C(Nc1ccc(Cl)cc1Cl)N(Cc1ccccc1)C1CCC(c2ccccc2)CC1. The molecule has 0 aromatic heterocycles. The maximum atomic E-state index is 13.3. The third kappa shape index (κ3) is 5.61. The summed E-state index contributed by atoms with van der Waals surface area (Å²) in [4.78, 5) is 15.3. The second-order valence-electron chi connectivity index (χ2n) is 8.08. The zero-order valence-electron chi connectivity index (χ0n) is 17.3. The van der Waals surface area contributed by atoms with Gasteiger partial charge in [0.15, 0.2) is 0 Å². The van der Waals surface area contributed by atoms with Crippen LogP contribution in [0.15, 0.2) is 78.9 Å². The van der Waals surface area contributed by atoms with Crippen molar-refractivity contribution >= 4 is 34.9 Å². The molecule has 0 saturated heterocycles. The molecular formula is C26H26Cl2N2O. The second-order valence-corrected chi connectivity index (χ2v) is 8.93. The van der Waals surface area contributed by atoms with Crippen LogP contribution in [0.25, 0.3) is 0 Å². The average Bonchev–Trinajstić information content (AvgIpc) is 2.81. The smallest absolute Gasteiger partial charge is 0.317 e. The second kappa shape index (κ2) is 10.2. The summed E-state index contributed by atoms with van der Waals surface area (Å²) in [5, 5.41) is 3.98. The van der Waals surface area contributed by atoms with E-state index in [9.17, 15) is 4.79 Å². The molecule has 2 amide bonds. The highest BCUT2D eigenvalue weighted by atomic mass is 35.5. The van der Waals surface area contributed by atoms with Crippen LogP contribution < -0.4 is 5.32 Å². The number of nitrogens with one attached hydrogen (secondary N) is 1. The fraction of sp³-hybridized carbons (Fsp3) is 0.269. The minimum Gasteiger partial charge on any atom is -0.317 e. The molecule has 3 nitrogen and oxygen atoms in total. The van der Waals surface area contributed by atoms with Gasteiger partial charge in [0.1, 0.15) is 0 Å². The van der Waals surface area contributed by atoms with Crippen molar-refractivity contribution in [2.24, 2.45) is 0 Å². The van der Waals surface area contributed by atoms with Crippen molar-refractivity contribution < 1.29 is 4.79 Å². The number of nitrogens with zero attached hydrogens (tertiary/aromatic N) is 1. The Bertz CT molecular complexity index is 1000. The molecule has 4 rings (SSSR count). The van der Waals surface area contributed by atoms with Crippen molar-refractivity contribution in [1.82, 2.24) is 4.90 Å². The molecule has 1 aliphatic rings. The normalized spacial score (nSPS) is 18.4. The first-order valence-electron chi connectivity index (χ1n) is 10.7. The third-order valence-electron chi connectivity index (χ3n) is 6.04. The van der Waals surface area contributed by atoms with Crippen LogP contribution in [0, 0.1) is 0 Å². The Balaban J connectivity index is 1.49. The van der Waals surface area contributed by atoms with Gasteiger partial charge in [-0.3, -0.25) is 0 Å². The Morgan fingerprint density at radius 1 is 0.871 bits per heavy atom. The molecule has 31 heavy (non-hydrogen) atoms. The molecule has 5 heteroatoms. The molecule has 0 aliphatic heterocycles. The monoisotopic (exact) mass is 452 g/mol. The van der Waals surface area contributed by atoms with Gasteiger partial charge in [-0.05, 0) is 60.9 Å².